The highest BCUT2D eigenvalue weighted by Gasteiger charge is 1.96. The Kier molecular flexibility index (Phi) is 3.96. The van der Waals surface area contributed by atoms with Crippen molar-refractivity contribution in [2.24, 2.45) is 0 Å². The number of carbonyl (C=O) groups is 1. The maximum absolute atomic E-state index is 10.9. The largest absolute Gasteiger partial charge is 0.356 e. The Morgan fingerprint density at radius 2 is 2.46 bits per heavy atom. The van der Waals surface area contributed by atoms with E-state index in [1.807, 2.05) is 25.1 Å². The molecule has 0 aliphatic heterocycles. The number of hydrogen-bond donors (Lipinski definition) is 1. The smallest absolute Gasteiger partial charge is 0.219 e. The van der Waals surface area contributed by atoms with Crippen LogP contribution in [0.2, 0.25) is 0 Å². The topological polar surface area (TPSA) is 42.0 Å². The summed E-state index contributed by atoms with van der Waals surface area (Å²) in [4.78, 5) is 15.0. The minimum atomic E-state index is 0. The molecule has 0 radical (unpaired) electrons. The van der Waals surface area contributed by atoms with Crippen LogP contribution in [0.4, 0.5) is 0 Å². The van der Waals surface area contributed by atoms with Gasteiger partial charge in [-0.05, 0) is 12.1 Å². The molecule has 0 aliphatic rings. The third-order valence-electron chi connectivity index (χ3n) is 1.75. The van der Waals surface area contributed by atoms with Gasteiger partial charge in [0.15, 0.2) is 0 Å². The summed E-state index contributed by atoms with van der Waals surface area (Å²) in [7, 11) is 0. The summed E-state index contributed by atoms with van der Waals surface area (Å²) in [5.74, 6) is 0.0935. The van der Waals surface area contributed by atoms with E-state index in [1.54, 1.807) is 6.20 Å². The van der Waals surface area contributed by atoms with Crippen LogP contribution in [-0.2, 0) is 11.2 Å². The predicted molar refractivity (Wildman–Crippen MR) is 53.4 cm³/mol. The highest BCUT2D eigenvalue weighted by molar-refractivity contribution is 5.75. The van der Waals surface area contributed by atoms with E-state index in [4.69, 9.17) is 0 Å². The minimum Gasteiger partial charge on any atom is -0.356 e. The van der Waals surface area contributed by atoms with Gasteiger partial charge in [-0.1, -0.05) is 13.0 Å². The average molecular weight is 180 g/mol. The number of amides is 1. The van der Waals surface area contributed by atoms with Crippen LogP contribution in [0.5, 0.6) is 0 Å². The Morgan fingerprint density at radius 3 is 3.08 bits per heavy atom. The third-order valence-corrected chi connectivity index (χ3v) is 1.75. The zero-order valence-corrected chi connectivity index (χ0v) is 7.79. The van der Waals surface area contributed by atoms with E-state index in [0.29, 0.717) is 13.0 Å². The average Bonchev–Trinajstić information content (AvgIpc) is 2.19. The van der Waals surface area contributed by atoms with Gasteiger partial charge in [0.25, 0.3) is 0 Å². The first-order valence-corrected chi connectivity index (χ1v) is 4.49. The molecule has 1 aromatic heterocycles. The summed E-state index contributed by atoms with van der Waals surface area (Å²) in [5.41, 5.74) is 1.01. The molecule has 1 rings (SSSR count). The first kappa shape index (κ1) is 9.71. The van der Waals surface area contributed by atoms with Crippen molar-refractivity contribution in [1.82, 2.24) is 10.3 Å². The van der Waals surface area contributed by atoms with Crippen LogP contribution in [0.1, 0.15) is 20.5 Å². The van der Waals surface area contributed by atoms with E-state index in [0.717, 1.165) is 12.1 Å². The van der Waals surface area contributed by atoms with Gasteiger partial charge in [0.2, 0.25) is 5.91 Å². The highest BCUT2D eigenvalue weighted by Crippen LogP contribution is 1.92. The Bertz CT molecular complexity index is 264. The van der Waals surface area contributed by atoms with Crippen LogP contribution in [0.3, 0.4) is 0 Å². The van der Waals surface area contributed by atoms with Gasteiger partial charge >= 0.3 is 0 Å². The molecule has 1 amide bonds. The van der Waals surface area contributed by atoms with Crippen LogP contribution in [-0.4, -0.2) is 17.4 Å². The second kappa shape index (κ2) is 5.30. The molecule has 0 aromatic carbocycles. The van der Waals surface area contributed by atoms with Crippen molar-refractivity contribution in [3.05, 3.63) is 30.1 Å². The molecule has 0 bridgehead atoms. The monoisotopic (exact) mass is 180 g/mol. The number of carbonyl (C=O) groups excluding carboxylic acids is 1. The number of aromatic nitrogens is 1. The molecule has 13 heavy (non-hydrogen) atoms. The van der Waals surface area contributed by atoms with Crippen molar-refractivity contribution in [3.8, 4) is 0 Å². The van der Waals surface area contributed by atoms with Crippen molar-refractivity contribution in [1.29, 1.82) is 0 Å². The van der Waals surface area contributed by atoms with Gasteiger partial charge in [0, 0.05) is 32.7 Å². The Morgan fingerprint density at radius 1 is 1.62 bits per heavy atom. The first-order chi connectivity index (χ1) is 6.33. The van der Waals surface area contributed by atoms with Crippen molar-refractivity contribution < 1.29 is 6.22 Å². The lowest BCUT2D eigenvalue weighted by Crippen LogP contribution is -2.24. The maximum Gasteiger partial charge on any atom is 0.219 e. The minimum absolute atomic E-state index is 0. The standard InChI is InChI=1S/C10H14N2O.H2/c1-2-10(13)12-8-6-9-5-3-4-7-11-9;/h3-5,7H,2,6,8H2,1H3,(H,12,13);1H. The lowest BCUT2D eigenvalue weighted by molar-refractivity contribution is -0.120. The molecule has 0 atom stereocenters. The molecule has 3 heteroatoms. The fourth-order valence-electron chi connectivity index (χ4n) is 1.00. The molecule has 1 heterocycles. The molecule has 0 saturated heterocycles. The molecule has 0 aliphatic carbocycles. The van der Waals surface area contributed by atoms with Crippen molar-refractivity contribution in [2.75, 3.05) is 6.54 Å². The zero-order valence-electron chi connectivity index (χ0n) is 7.79. The summed E-state index contributed by atoms with van der Waals surface area (Å²) in [6.07, 6.45) is 3.10. The Hall–Kier alpha value is -1.38. The predicted octanol–water partition coefficient (Wildman–Crippen LogP) is 1.40. The molecule has 0 unspecified atom stereocenters. The Labute approximate surface area is 79.7 Å². The van der Waals surface area contributed by atoms with E-state index in [1.165, 1.54) is 0 Å². The van der Waals surface area contributed by atoms with Crippen LogP contribution in [0.25, 0.3) is 0 Å². The molecule has 3 nitrogen and oxygen atoms in total. The summed E-state index contributed by atoms with van der Waals surface area (Å²) in [6, 6.07) is 5.79. The van der Waals surface area contributed by atoms with Gasteiger partial charge in [-0.2, -0.15) is 0 Å². The fourth-order valence-corrected chi connectivity index (χ4v) is 1.00. The summed E-state index contributed by atoms with van der Waals surface area (Å²) >= 11 is 0. The van der Waals surface area contributed by atoms with E-state index >= 15 is 0 Å². The van der Waals surface area contributed by atoms with Crippen molar-refractivity contribution in [3.63, 3.8) is 0 Å². The molecule has 1 aromatic rings. The number of nitrogens with zero attached hydrogens (tertiary/aromatic N) is 1. The molecular formula is C10H16N2O. The molecule has 72 valence electrons. The van der Waals surface area contributed by atoms with E-state index < -0.39 is 0 Å². The number of hydrogen-bond acceptors (Lipinski definition) is 2. The number of rotatable bonds is 4. The second-order valence-electron chi connectivity index (χ2n) is 2.77. The number of pyridine rings is 1. The molecular weight excluding hydrogens is 164 g/mol. The Balaban J connectivity index is 0.00000169. The second-order valence-corrected chi connectivity index (χ2v) is 2.77. The quantitative estimate of drug-likeness (QED) is 0.761. The van der Waals surface area contributed by atoms with Gasteiger partial charge in [-0.15, -0.1) is 0 Å². The van der Waals surface area contributed by atoms with E-state index in [2.05, 4.69) is 10.3 Å². The number of nitrogens with one attached hydrogen (secondary N) is 1. The SMILES string of the molecule is CCC(=O)NCCc1ccccn1.[HH]. The summed E-state index contributed by atoms with van der Waals surface area (Å²) < 4.78 is 0. The summed E-state index contributed by atoms with van der Waals surface area (Å²) in [6.45, 7) is 2.51. The molecule has 0 spiro atoms. The van der Waals surface area contributed by atoms with Gasteiger partial charge < -0.3 is 5.32 Å². The van der Waals surface area contributed by atoms with Crippen LogP contribution >= 0.6 is 0 Å². The van der Waals surface area contributed by atoms with Crippen molar-refractivity contribution in [2.45, 2.75) is 19.8 Å². The summed E-state index contributed by atoms with van der Waals surface area (Å²) in [5, 5.41) is 2.80. The fraction of sp³-hybridized carbons (Fsp3) is 0.400. The van der Waals surface area contributed by atoms with E-state index in [9.17, 15) is 4.79 Å². The lowest BCUT2D eigenvalue weighted by atomic mass is 10.2. The van der Waals surface area contributed by atoms with Gasteiger partial charge in [0.05, 0.1) is 0 Å². The normalized spacial score (nSPS) is 9.62. The van der Waals surface area contributed by atoms with Crippen LogP contribution < -0.4 is 5.32 Å². The molecule has 0 saturated carbocycles. The van der Waals surface area contributed by atoms with Gasteiger partial charge in [-0.25, -0.2) is 0 Å². The van der Waals surface area contributed by atoms with Gasteiger partial charge in [-0.3, -0.25) is 9.78 Å². The van der Waals surface area contributed by atoms with Crippen LogP contribution in [0.15, 0.2) is 24.4 Å². The highest BCUT2D eigenvalue weighted by atomic mass is 16.1. The van der Waals surface area contributed by atoms with Gasteiger partial charge in [0.1, 0.15) is 0 Å². The first-order valence-electron chi connectivity index (χ1n) is 4.49. The van der Waals surface area contributed by atoms with Crippen LogP contribution in [0, 0.1) is 0 Å². The third kappa shape index (κ3) is 3.69. The maximum atomic E-state index is 10.9. The lowest BCUT2D eigenvalue weighted by Gasteiger charge is -2.02. The molecule has 0 fully saturated rings. The van der Waals surface area contributed by atoms with Crippen molar-refractivity contribution >= 4 is 5.91 Å². The zero-order chi connectivity index (χ0) is 9.52. The van der Waals surface area contributed by atoms with E-state index in [-0.39, 0.29) is 7.33 Å². The molecule has 1 N–H and O–H groups in total.